The number of carboxylic acid groups (broad SMARTS) is 1. The molecule has 0 bridgehead atoms. The quantitative estimate of drug-likeness (QED) is 0.583. The van der Waals surface area contributed by atoms with Gasteiger partial charge < -0.3 is 9.84 Å². The van der Waals surface area contributed by atoms with Gasteiger partial charge in [-0.3, -0.25) is 20.2 Å². The van der Waals surface area contributed by atoms with E-state index >= 15 is 0 Å². The van der Waals surface area contributed by atoms with Crippen molar-refractivity contribution in [3.63, 3.8) is 0 Å². The summed E-state index contributed by atoms with van der Waals surface area (Å²) in [4.78, 5) is 21.2. The molecule has 1 aromatic rings. The Kier molecular flexibility index (Phi) is 5.45. The van der Waals surface area contributed by atoms with Crippen molar-refractivity contribution in [3.05, 3.63) is 33.9 Å². The highest BCUT2D eigenvalue weighted by molar-refractivity contribution is 5.73. The van der Waals surface area contributed by atoms with Crippen LogP contribution >= 0.6 is 0 Å². The number of carboxylic acids is 1. The van der Waals surface area contributed by atoms with Crippen LogP contribution in [0, 0.1) is 17.0 Å². The Labute approximate surface area is 116 Å². The number of aryl methyl sites for hydroxylation is 1. The molecule has 7 heteroatoms. The van der Waals surface area contributed by atoms with Crippen molar-refractivity contribution in [3.8, 4) is 5.75 Å². The Hall–Kier alpha value is -2.15. The van der Waals surface area contributed by atoms with Gasteiger partial charge in [-0.15, -0.1) is 0 Å². The number of aliphatic carboxylic acids is 1. The highest BCUT2D eigenvalue weighted by Gasteiger charge is 2.19. The van der Waals surface area contributed by atoms with Gasteiger partial charge in [-0.1, -0.05) is 13.8 Å². The van der Waals surface area contributed by atoms with Crippen molar-refractivity contribution >= 4 is 11.7 Å². The van der Waals surface area contributed by atoms with E-state index in [2.05, 4.69) is 5.32 Å². The van der Waals surface area contributed by atoms with E-state index in [-0.39, 0.29) is 18.3 Å². The molecule has 0 aliphatic carbocycles. The molecule has 0 heterocycles. The van der Waals surface area contributed by atoms with E-state index in [0.29, 0.717) is 11.3 Å². The lowest BCUT2D eigenvalue weighted by molar-refractivity contribution is -0.384. The summed E-state index contributed by atoms with van der Waals surface area (Å²) in [6.07, 6.45) is 0. The van der Waals surface area contributed by atoms with Gasteiger partial charge in [0.05, 0.1) is 4.92 Å². The minimum atomic E-state index is -1.00. The van der Waals surface area contributed by atoms with Crippen LogP contribution in [0.25, 0.3) is 0 Å². The number of nitro benzene ring substituents is 1. The maximum Gasteiger partial charge on any atom is 0.324 e. The van der Waals surface area contributed by atoms with Crippen LogP contribution in [0.2, 0.25) is 0 Å². The maximum atomic E-state index is 11.1. The SMILES string of the molecule is Cc1cc([N+](=O)[O-])ccc1OCC(NC(C)C)C(=O)O. The molecule has 7 nitrogen and oxygen atoms in total. The number of nitrogens with zero attached hydrogens (tertiary/aromatic N) is 1. The molecule has 1 rings (SSSR count). The normalized spacial score (nSPS) is 12.2. The Morgan fingerprint density at radius 3 is 2.60 bits per heavy atom. The molecule has 0 aliphatic heterocycles. The molecule has 0 saturated heterocycles. The summed E-state index contributed by atoms with van der Waals surface area (Å²) in [5.74, 6) is -0.564. The number of ether oxygens (including phenoxy) is 1. The summed E-state index contributed by atoms with van der Waals surface area (Å²) in [5, 5.41) is 22.5. The number of benzene rings is 1. The Balaban J connectivity index is 2.73. The number of hydrogen-bond donors (Lipinski definition) is 2. The van der Waals surface area contributed by atoms with Crippen molar-refractivity contribution < 1.29 is 19.6 Å². The van der Waals surface area contributed by atoms with Crippen molar-refractivity contribution in [1.29, 1.82) is 0 Å². The molecule has 20 heavy (non-hydrogen) atoms. The molecule has 0 saturated carbocycles. The Morgan fingerprint density at radius 1 is 1.50 bits per heavy atom. The lowest BCUT2D eigenvalue weighted by atomic mass is 10.2. The van der Waals surface area contributed by atoms with Crippen LogP contribution in [0.3, 0.4) is 0 Å². The van der Waals surface area contributed by atoms with Gasteiger partial charge in [-0.05, 0) is 18.6 Å². The second-order valence-electron chi connectivity index (χ2n) is 4.73. The van der Waals surface area contributed by atoms with Gasteiger partial charge in [0.1, 0.15) is 18.4 Å². The number of hydrogen-bond acceptors (Lipinski definition) is 5. The molecular weight excluding hydrogens is 264 g/mol. The monoisotopic (exact) mass is 282 g/mol. The number of nitrogens with one attached hydrogen (secondary N) is 1. The summed E-state index contributed by atoms with van der Waals surface area (Å²) in [7, 11) is 0. The lowest BCUT2D eigenvalue weighted by Crippen LogP contribution is -2.44. The largest absolute Gasteiger partial charge is 0.491 e. The van der Waals surface area contributed by atoms with Gasteiger partial charge in [-0.25, -0.2) is 0 Å². The van der Waals surface area contributed by atoms with E-state index in [9.17, 15) is 14.9 Å². The molecule has 0 fully saturated rings. The zero-order valence-electron chi connectivity index (χ0n) is 11.6. The van der Waals surface area contributed by atoms with Crippen LogP contribution < -0.4 is 10.1 Å². The van der Waals surface area contributed by atoms with Crippen LogP contribution in [0.5, 0.6) is 5.75 Å². The van der Waals surface area contributed by atoms with Gasteiger partial charge in [0.2, 0.25) is 0 Å². The zero-order chi connectivity index (χ0) is 15.3. The average molecular weight is 282 g/mol. The molecule has 1 aromatic carbocycles. The third-order valence-electron chi connectivity index (χ3n) is 2.61. The molecule has 0 aliphatic rings. The van der Waals surface area contributed by atoms with Crippen LogP contribution in [-0.2, 0) is 4.79 Å². The van der Waals surface area contributed by atoms with Crippen LogP contribution in [0.4, 0.5) is 5.69 Å². The fraction of sp³-hybridized carbons (Fsp3) is 0.462. The lowest BCUT2D eigenvalue weighted by Gasteiger charge is -2.18. The second kappa shape index (κ2) is 6.85. The average Bonchev–Trinajstić information content (AvgIpc) is 2.34. The Morgan fingerprint density at radius 2 is 2.15 bits per heavy atom. The van der Waals surface area contributed by atoms with E-state index in [1.165, 1.54) is 18.2 Å². The van der Waals surface area contributed by atoms with Gasteiger partial charge in [0.15, 0.2) is 0 Å². The number of nitro groups is 1. The first-order valence-corrected chi connectivity index (χ1v) is 6.18. The van der Waals surface area contributed by atoms with Gasteiger partial charge in [0.25, 0.3) is 5.69 Å². The first kappa shape index (κ1) is 15.9. The molecule has 2 N–H and O–H groups in total. The smallest absolute Gasteiger partial charge is 0.324 e. The number of rotatable bonds is 7. The van der Waals surface area contributed by atoms with Crippen molar-refractivity contribution in [2.24, 2.45) is 0 Å². The highest BCUT2D eigenvalue weighted by atomic mass is 16.6. The summed E-state index contributed by atoms with van der Waals surface area (Å²) >= 11 is 0. The molecule has 0 aromatic heterocycles. The highest BCUT2D eigenvalue weighted by Crippen LogP contribution is 2.23. The summed E-state index contributed by atoms with van der Waals surface area (Å²) in [5.41, 5.74) is 0.567. The summed E-state index contributed by atoms with van der Waals surface area (Å²) in [6, 6.07) is 3.37. The Bertz CT molecular complexity index is 502. The molecule has 0 amide bonds. The van der Waals surface area contributed by atoms with Crippen LogP contribution in [0.1, 0.15) is 19.4 Å². The summed E-state index contributed by atoms with van der Waals surface area (Å²) < 4.78 is 5.43. The third-order valence-corrected chi connectivity index (χ3v) is 2.61. The van der Waals surface area contributed by atoms with E-state index < -0.39 is 16.9 Å². The molecule has 1 unspecified atom stereocenters. The predicted molar refractivity (Wildman–Crippen MR) is 73.0 cm³/mol. The van der Waals surface area contributed by atoms with E-state index in [4.69, 9.17) is 9.84 Å². The molecule has 110 valence electrons. The van der Waals surface area contributed by atoms with Crippen LogP contribution in [0.15, 0.2) is 18.2 Å². The predicted octanol–water partition coefficient (Wildman–Crippen LogP) is 1.73. The topological polar surface area (TPSA) is 102 Å². The maximum absolute atomic E-state index is 11.1. The number of carbonyl (C=O) groups is 1. The minimum absolute atomic E-state index is 0.0117. The van der Waals surface area contributed by atoms with Crippen molar-refractivity contribution in [1.82, 2.24) is 5.32 Å². The second-order valence-corrected chi connectivity index (χ2v) is 4.73. The van der Waals surface area contributed by atoms with E-state index in [1.54, 1.807) is 6.92 Å². The first-order chi connectivity index (χ1) is 9.31. The van der Waals surface area contributed by atoms with E-state index in [0.717, 1.165) is 0 Å². The van der Waals surface area contributed by atoms with Crippen LogP contribution in [-0.4, -0.2) is 34.7 Å². The fourth-order valence-corrected chi connectivity index (χ4v) is 1.68. The standard InChI is InChI=1S/C13H18N2O5/c1-8(2)14-11(13(16)17)7-20-12-5-4-10(15(18)19)6-9(12)3/h4-6,8,11,14H,7H2,1-3H3,(H,16,17). The minimum Gasteiger partial charge on any atom is -0.491 e. The van der Waals surface area contributed by atoms with E-state index in [1.807, 2.05) is 13.8 Å². The van der Waals surface area contributed by atoms with Gasteiger partial charge in [0, 0.05) is 18.2 Å². The van der Waals surface area contributed by atoms with Gasteiger partial charge in [-0.2, -0.15) is 0 Å². The molecular formula is C13H18N2O5. The molecule has 0 radical (unpaired) electrons. The number of non-ortho nitro benzene ring substituents is 1. The molecule has 1 atom stereocenters. The van der Waals surface area contributed by atoms with Crippen molar-refractivity contribution in [2.45, 2.75) is 32.9 Å². The summed E-state index contributed by atoms with van der Waals surface area (Å²) in [6.45, 7) is 5.31. The van der Waals surface area contributed by atoms with Crippen molar-refractivity contribution in [2.75, 3.05) is 6.61 Å². The molecule has 0 spiro atoms. The zero-order valence-corrected chi connectivity index (χ0v) is 11.6. The fourth-order valence-electron chi connectivity index (χ4n) is 1.68. The first-order valence-electron chi connectivity index (χ1n) is 6.18. The third kappa shape index (κ3) is 4.51. The van der Waals surface area contributed by atoms with Gasteiger partial charge >= 0.3 is 5.97 Å².